The number of methoxy groups -OCH3 is 1. The molecule has 1 heterocycles. The molecule has 0 spiro atoms. The van der Waals surface area contributed by atoms with Crippen LogP contribution in [0, 0.1) is 0 Å². The molecule has 0 aliphatic carbocycles. The summed E-state index contributed by atoms with van der Waals surface area (Å²) >= 11 is 0. The monoisotopic (exact) mass is 218 g/mol. The Morgan fingerprint density at radius 1 is 1.38 bits per heavy atom. The molecule has 86 valence electrons. The first-order valence-corrected chi connectivity index (χ1v) is 5.70. The van der Waals surface area contributed by atoms with E-state index in [1.54, 1.807) is 7.11 Å². The van der Waals surface area contributed by atoms with Gasteiger partial charge in [0.1, 0.15) is 5.75 Å². The Hall–Kier alpha value is -1.51. The fourth-order valence-electron chi connectivity index (χ4n) is 1.92. The number of nitrogens with zero attached hydrogens (tertiary/aromatic N) is 1. The molecule has 3 nitrogen and oxygen atoms in total. The summed E-state index contributed by atoms with van der Waals surface area (Å²) < 4.78 is 5.15. The van der Waals surface area contributed by atoms with Gasteiger partial charge in [-0.1, -0.05) is 19.1 Å². The Labute approximate surface area is 96.5 Å². The highest BCUT2D eigenvalue weighted by atomic mass is 16.5. The van der Waals surface area contributed by atoms with Gasteiger partial charge in [-0.25, -0.2) is 0 Å². The molecule has 2 rings (SSSR count). The zero-order valence-electron chi connectivity index (χ0n) is 9.86. The van der Waals surface area contributed by atoms with Crippen molar-refractivity contribution >= 4 is 5.84 Å². The smallest absolute Gasteiger partial charge is 0.118 e. The molecule has 1 aliphatic rings. The molecule has 0 saturated heterocycles. The second-order valence-electron chi connectivity index (χ2n) is 4.13. The van der Waals surface area contributed by atoms with Gasteiger partial charge >= 0.3 is 0 Å². The molecule has 0 aromatic heterocycles. The fourth-order valence-corrected chi connectivity index (χ4v) is 1.92. The zero-order valence-corrected chi connectivity index (χ0v) is 9.86. The SMILES string of the molecule is COc1ccc(C(C)CC2=NCCN2)cc1. The van der Waals surface area contributed by atoms with Crippen LogP contribution in [0.1, 0.15) is 24.8 Å². The Bertz CT molecular complexity index is 370. The van der Waals surface area contributed by atoms with Crippen LogP contribution in [-0.2, 0) is 0 Å². The predicted octanol–water partition coefficient (Wildman–Crippen LogP) is 2.19. The first-order valence-electron chi connectivity index (χ1n) is 5.70. The van der Waals surface area contributed by atoms with Gasteiger partial charge in [-0.2, -0.15) is 0 Å². The van der Waals surface area contributed by atoms with E-state index in [1.807, 2.05) is 12.1 Å². The molecule has 1 aromatic carbocycles. The Morgan fingerprint density at radius 2 is 2.12 bits per heavy atom. The van der Waals surface area contributed by atoms with Gasteiger partial charge in [-0.15, -0.1) is 0 Å². The highest BCUT2D eigenvalue weighted by molar-refractivity contribution is 5.84. The number of aliphatic imine (C=N–C) groups is 1. The van der Waals surface area contributed by atoms with E-state index in [0.29, 0.717) is 5.92 Å². The molecule has 1 aliphatic heterocycles. The molecule has 0 amide bonds. The van der Waals surface area contributed by atoms with E-state index in [0.717, 1.165) is 31.1 Å². The van der Waals surface area contributed by atoms with Gasteiger partial charge < -0.3 is 10.1 Å². The van der Waals surface area contributed by atoms with E-state index in [-0.39, 0.29) is 0 Å². The third-order valence-corrected chi connectivity index (χ3v) is 2.93. The number of rotatable bonds is 4. The minimum Gasteiger partial charge on any atom is -0.497 e. The van der Waals surface area contributed by atoms with Crippen LogP contribution < -0.4 is 10.1 Å². The molecule has 16 heavy (non-hydrogen) atoms. The van der Waals surface area contributed by atoms with Crippen molar-refractivity contribution in [2.75, 3.05) is 20.2 Å². The normalized spacial score (nSPS) is 16.5. The number of amidine groups is 1. The van der Waals surface area contributed by atoms with Crippen LogP contribution in [0.4, 0.5) is 0 Å². The number of benzene rings is 1. The number of nitrogens with one attached hydrogen (secondary N) is 1. The van der Waals surface area contributed by atoms with Crippen LogP contribution in [0.3, 0.4) is 0 Å². The summed E-state index contributed by atoms with van der Waals surface area (Å²) in [4.78, 5) is 4.42. The van der Waals surface area contributed by atoms with Crippen LogP contribution in [0.5, 0.6) is 5.75 Å². The molecule has 1 unspecified atom stereocenters. The molecule has 0 radical (unpaired) electrons. The van der Waals surface area contributed by atoms with Gasteiger partial charge in [-0.05, 0) is 23.6 Å². The van der Waals surface area contributed by atoms with Crippen LogP contribution in [0.25, 0.3) is 0 Å². The summed E-state index contributed by atoms with van der Waals surface area (Å²) in [5.41, 5.74) is 1.33. The molecule has 0 fully saturated rings. The summed E-state index contributed by atoms with van der Waals surface area (Å²) in [5, 5.41) is 3.31. The van der Waals surface area contributed by atoms with Crippen molar-refractivity contribution in [2.24, 2.45) is 4.99 Å². The molecule has 1 N–H and O–H groups in total. The summed E-state index contributed by atoms with van der Waals surface area (Å²) in [6.07, 6.45) is 0.992. The molecule has 0 saturated carbocycles. The topological polar surface area (TPSA) is 33.6 Å². The Balaban J connectivity index is 1.99. The van der Waals surface area contributed by atoms with Gasteiger partial charge in [0.05, 0.1) is 19.5 Å². The first kappa shape index (κ1) is 11.0. The lowest BCUT2D eigenvalue weighted by molar-refractivity contribution is 0.414. The van der Waals surface area contributed by atoms with E-state index in [2.05, 4.69) is 29.4 Å². The zero-order chi connectivity index (χ0) is 11.4. The van der Waals surface area contributed by atoms with E-state index in [9.17, 15) is 0 Å². The average Bonchev–Trinajstić information content (AvgIpc) is 2.82. The van der Waals surface area contributed by atoms with E-state index in [1.165, 1.54) is 5.56 Å². The van der Waals surface area contributed by atoms with Gasteiger partial charge in [0.2, 0.25) is 0 Å². The lowest BCUT2D eigenvalue weighted by Crippen LogP contribution is -2.20. The van der Waals surface area contributed by atoms with Crippen molar-refractivity contribution < 1.29 is 4.74 Å². The molecule has 1 aromatic rings. The Kier molecular flexibility index (Phi) is 3.44. The lowest BCUT2D eigenvalue weighted by atomic mass is 9.97. The highest BCUT2D eigenvalue weighted by Gasteiger charge is 2.11. The minimum atomic E-state index is 0.496. The van der Waals surface area contributed by atoms with Crippen molar-refractivity contribution in [3.05, 3.63) is 29.8 Å². The third kappa shape index (κ3) is 2.54. The van der Waals surface area contributed by atoms with Gasteiger partial charge in [0, 0.05) is 13.0 Å². The van der Waals surface area contributed by atoms with Crippen LogP contribution in [0.2, 0.25) is 0 Å². The van der Waals surface area contributed by atoms with Crippen molar-refractivity contribution in [3.63, 3.8) is 0 Å². The number of ether oxygens (including phenoxy) is 1. The number of hydrogen-bond donors (Lipinski definition) is 1. The van der Waals surface area contributed by atoms with Gasteiger partial charge in [0.15, 0.2) is 0 Å². The van der Waals surface area contributed by atoms with Gasteiger partial charge in [-0.3, -0.25) is 4.99 Å². The van der Waals surface area contributed by atoms with Crippen molar-refractivity contribution in [1.29, 1.82) is 0 Å². The lowest BCUT2D eigenvalue weighted by Gasteiger charge is -2.12. The summed E-state index contributed by atoms with van der Waals surface area (Å²) in [5.74, 6) is 2.55. The maximum atomic E-state index is 5.15. The summed E-state index contributed by atoms with van der Waals surface area (Å²) in [7, 11) is 1.69. The Morgan fingerprint density at radius 3 is 2.69 bits per heavy atom. The molecule has 0 bridgehead atoms. The first-order chi connectivity index (χ1) is 7.79. The highest BCUT2D eigenvalue weighted by Crippen LogP contribution is 2.22. The minimum absolute atomic E-state index is 0.496. The molecular weight excluding hydrogens is 200 g/mol. The average molecular weight is 218 g/mol. The van der Waals surface area contributed by atoms with E-state index >= 15 is 0 Å². The van der Waals surface area contributed by atoms with Crippen LogP contribution in [-0.4, -0.2) is 26.0 Å². The maximum absolute atomic E-state index is 5.15. The predicted molar refractivity (Wildman–Crippen MR) is 66.3 cm³/mol. The van der Waals surface area contributed by atoms with Crippen molar-refractivity contribution in [2.45, 2.75) is 19.3 Å². The fraction of sp³-hybridized carbons (Fsp3) is 0.462. The van der Waals surface area contributed by atoms with E-state index in [4.69, 9.17) is 4.74 Å². The summed E-state index contributed by atoms with van der Waals surface area (Å²) in [6, 6.07) is 8.27. The number of hydrogen-bond acceptors (Lipinski definition) is 3. The molecule has 3 heteroatoms. The third-order valence-electron chi connectivity index (χ3n) is 2.93. The van der Waals surface area contributed by atoms with Crippen molar-refractivity contribution in [1.82, 2.24) is 5.32 Å². The van der Waals surface area contributed by atoms with Crippen LogP contribution >= 0.6 is 0 Å². The molecule has 1 atom stereocenters. The quantitative estimate of drug-likeness (QED) is 0.840. The second-order valence-corrected chi connectivity index (χ2v) is 4.13. The second kappa shape index (κ2) is 5.01. The van der Waals surface area contributed by atoms with Crippen molar-refractivity contribution in [3.8, 4) is 5.75 Å². The standard InChI is InChI=1S/C13H18N2O/c1-10(9-13-14-7-8-15-13)11-3-5-12(16-2)6-4-11/h3-6,10H,7-9H2,1-2H3,(H,14,15). The van der Waals surface area contributed by atoms with Crippen LogP contribution in [0.15, 0.2) is 29.3 Å². The molecular formula is C13H18N2O. The maximum Gasteiger partial charge on any atom is 0.118 e. The summed E-state index contributed by atoms with van der Waals surface area (Å²) in [6.45, 7) is 4.14. The van der Waals surface area contributed by atoms with E-state index < -0.39 is 0 Å². The largest absolute Gasteiger partial charge is 0.497 e. The van der Waals surface area contributed by atoms with Gasteiger partial charge in [0.25, 0.3) is 0 Å².